The zero-order valence-corrected chi connectivity index (χ0v) is 16.9. The average molecular weight is 413 g/mol. The highest BCUT2D eigenvalue weighted by atomic mass is 79.9. The van der Waals surface area contributed by atoms with E-state index in [1.807, 2.05) is 0 Å². The molecule has 0 atom stereocenters. The van der Waals surface area contributed by atoms with Crippen LogP contribution in [0.15, 0.2) is 12.1 Å². The second-order valence-electron chi connectivity index (χ2n) is 5.38. The topological polar surface area (TPSA) is 83.8 Å². The highest BCUT2D eigenvalue weighted by Crippen LogP contribution is 2.25. The van der Waals surface area contributed by atoms with E-state index < -0.39 is 10.1 Å². The lowest BCUT2D eigenvalue weighted by atomic mass is 10.0. The lowest BCUT2D eigenvalue weighted by Gasteiger charge is -2.11. The van der Waals surface area contributed by atoms with Crippen LogP contribution in [0, 0.1) is 13.8 Å². The lowest BCUT2D eigenvalue weighted by Crippen LogP contribution is -1.95. The largest absolute Gasteiger partial charge is 0.496 e. The van der Waals surface area contributed by atoms with E-state index in [9.17, 15) is 8.42 Å². The molecule has 136 valence electrons. The molecule has 0 unspecified atom stereocenters. The van der Waals surface area contributed by atoms with Crippen molar-refractivity contribution in [2.24, 2.45) is 0 Å². The monoisotopic (exact) mass is 412 g/mol. The van der Waals surface area contributed by atoms with E-state index in [0.29, 0.717) is 12.9 Å². The van der Waals surface area contributed by atoms with E-state index in [4.69, 9.17) is 14.4 Å². The Balaban J connectivity index is 0. The zero-order valence-electron chi connectivity index (χ0n) is 14.3. The first-order chi connectivity index (χ1) is 10.2. The molecule has 1 aromatic carbocycles. The van der Waals surface area contributed by atoms with E-state index in [-0.39, 0.29) is 17.0 Å². The average Bonchev–Trinajstić information content (AvgIpc) is 2.36. The number of hydrogen-bond acceptors (Lipinski definition) is 4. The highest BCUT2D eigenvalue weighted by Gasteiger charge is 2.04. The maximum atomic E-state index is 9.19. The molecule has 23 heavy (non-hydrogen) atoms. The van der Waals surface area contributed by atoms with Gasteiger partial charge >= 0.3 is 0 Å². The molecule has 0 aliphatic rings. The number of benzene rings is 1. The Morgan fingerprint density at radius 3 is 1.87 bits per heavy atom. The number of halogens is 1. The Morgan fingerprint density at radius 1 is 1.04 bits per heavy atom. The highest BCUT2D eigenvalue weighted by molar-refractivity contribution is 8.93. The van der Waals surface area contributed by atoms with Gasteiger partial charge in [-0.1, -0.05) is 25.0 Å². The Hall–Kier alpha value is -0.630. The van der Waals surface area contributed by atoms with Crippen molar-refractivity contribution >= 4 is 27.1 Å². The van der Waals surface area contributed by atoms with E-state index in [1.54, 1.807) is 7.11 Å². The predicted molar refractivity (Wildman–Crippen MR) is 99.5 cm³/mol. The van der Waals surface area contributed by atoms with Crippen LogP contribution < -0.4 is 4.74 Å². The fraction of sp³-hybridized carbons (Fsp3) is 0.625. The first kappa shape index (κ1) is 24.6. The normalized spacial score (nSPS) is 10.3. The van der Waals surface area contributed by atoms with Crippen molar-refractivity contribution in [2.75, 3.05) is 20.0 Å². The van der Waals surface area contributed by atoms with Gasteiger partial charge in [-0.2, -0.15) is 8.42 Å². The summed E-state index contributed by atoms with van der Waals surface area (Å²) in [7, 11) is -1.94. The maximum absolute atomic E-state index is 9.19. The number of hydrogen-bond donors (Lipinski definition) is 2. The first-order valence-corrected chi connectivity index (χ1v) is 9.21. The van der Waals surface area contributed by atoms with Crippen LogP contribution in [0.5, 0.6) is 5.75 Å². The number of rotatable bonds is 7. The number of aliphatic hydroxyl groups excluding tert-OH is 1. The molecule has 0 aliphatic heterocycles. The molecule has 0 fully saturated rings. The van der Waals surface area contributed by atoms with Crippen molar-refractivity contribution in [1.29, 1.82) is 0 Å². The Labute approximate surface area is 150 Å². The summed E-state index contributed by atoms with van der Waals surface area (Å²) in [5.41, 5.74) is 3.83. The third-order valence-electron chi connectivity index (χ3n) is 3.10. The minimum absolute atomic E-state index is 0. The molecule has 0 spiro atoms. The molecule has 5 nitrogen and oxygen atoms in total. The van der Waals surface area contributed by atoms with Crippen molar-refractivity contribution in [3.63, 3.8) is 0 Å². The van der Waals surface area contributed by atoms with Crippen molar-refractivity contribution in [3.8, 4) is 5.75 Å². The van der Waals surface area contributed by atoms with Crippen LogP contribution in [-0.4, -0.2) is 38.0 Å². The number of methoxy groups -OCH3 is 1. The molecule has 0 aliphatic carbocycles. The van der Waals surface area contributed by atoms with Crippen molar-refractivity contribution in [3.05, 3.63) is 28.8 Å². The molecular weight excluding hydrogens is 384 g/mol. The SMILES string of the molecule is Br.COc1c(C)cc(CCCCCCO)cc1C.CS(=O)(=O)O. The number of unbranched alkanes of at least 4 members (excludes halogenated alkanes) is 3. The van der Waals surface area contributed by atoms with Gasteiger partial charge in [0.1, 0.15) is 5.75 Å². The summed E-state index contributed by atoms with van der Waals surface area (Å²) in [5.74, 6) is 1.01. The maximum Gasteiger partial charge on any atom is 0.261 e. The van der Waals surface area contributed by atoms with Crippen molar-refractivity contribution in [1.82, 2.24) is 0 Å². The minimum atomic E-state index is -3.67. The molecule has 0 radical (unpaired) electrons. The summed E-state index contributed by atoms with van der Waals surface area (Å²) in [4.78, 5) is 0. The van der Waals surface area contributed by atoms with Gasteiger partial charge < -0.3 is 9.84 Å². The molecular formula is C16H29BrO5S. The summed E-state index contributed by atoms with van der Waals surface area (Å²) < 4.78 is 31.2. The molecule has 0 amide bonds. The molecule has 0 saturated carbocycles. The molecule has 2 N–H and O–H groups in total. The van der Waals surface area contributed by atoms with Crippen LogP contribution in [0.3, 0.4) is 0 Å². The van der Waals surface area contributed by atoms with Gasteiger partial charge in [-0.05, 0) is 49.8 Å². The van der Waals surface area contributed by atoms with Gasteiger partial charge in [0.05, 0.1) is 13.4 Å². The molecule has 0 aromatic heterocycles. The summed E-state index contributed by atoms with van der Waals surface area (Å²) in [6.07, 6.45) is 6.30. The van der Waals surface area contributed by atoms with Crippen LogP contribution in [0.1, 0.15) is 42.4 Å². The van der Waals surface area contributed by atoms with Crippen molar-refractivity contribution < 1.29 is 22.8 Å². The zero-order chi connectivity index (χ0) is 17.2. The van der Waals surface area contributed by atoms with Crippen LogP contribution in [0.4, 0.5) is 0 Å². The van der Waals surface area contributed by atoms with Crippen LogP contribution in [0.2, 0.25) is 0 Å². The second kappa shape index (κ2) is 12.8. The molecule has 7 heteroatoms. The quantitative estimate of drug-likeness (QED) is 0.528. The third-order valence-corrected chi connectivity index (χ3v) is 3.10. The summed E-state index contributed by atoms with van der Waals surface area (Å²) in [6.45, 7) is 4.52. The van der Waals surface area contributed by atoms with Gasteiger partial charge in [0.2, 0.25) is 0 Å². The molecule has 0 heterocycles. The summed E-state index contributed by atoms with van der Waals surface area (Å²) in [6, 6.07) is 4.44. The molecule has 1 aromatic rings. The van der Waals surface area contributed by atoms with Crippen LogP contribution >= 0.6 is 17.0 Å². The number of aliphatic hydroxyl groups is 1. The van der Waals surface area contributed by atoms with E-state index >= 15 is 0 Å². The Bertz CT molecular complexity index is 512. The first-order valence-electron chi connectivity index (χ1n) is 7.36. The number of ether oxygens (including phenoxy) is 1. The molecule has 1 rings (SSSR count). The fourth-order valence-electron chi connectivity index (χ4n) is 2.30. The molecule has 0 bridgehead atoms. The van der Waals surface area contributed by atoms with E-state index in [1.165, 1.54) is 29.5 Å². The Morgan fingerprint density at radius 2 is 1.48 bits per heavy atom. The Kier molecular flexibility index (Phi) is 13.6. The van der Waals surface area contributed by atoms with Crippen LogP contribution in [-0.2, 0) is 16.5 Å². The van der Waals surface area contributed by atoms with Gasteiger partial charge in [0.15, 0.2) is 0 Å². The van der Waals surface area contributed by atoms with Crippen LogP contribution in [0.25, 0.3) is 0 Å². The smallest absolute Gasteiger partial charge is 0.261 e. The van der Waals surface area contributed by atoms with Gasteiger partial charge in [0.25, 0.3) is 10.1 Å². The fourth-order valence-corrected chi connectivity index (χ4v) is 2.30. The minimum Gasteiger partial charge on any atom is -0.496 e. The van der Waals surface area contributed by atoms with Gasteiger partial charge in [-0.25, -0.2) is 0 Å². The van der Waals surface area contributed by atoms with Gasteiger partial charge in [0, 0.05) is 6.61 Å². The van der Waals surface area contributed by atoms with Crippen molar-refractivity contribution in [2.45, 2.75) is 46.0 Å². The molecule has 0 saturated heterocycles. The van der Waals surface area contributed by atoms with E-state index in [2.05, 4.69) is 26.0 Å². The summed E-state index contributed by atoms with van der Waals surface area (Å²) in [5, 5.41) is 8.70. The van der Waals surface area contributed by atoms with Gasteiger partial charge in [-0.15, -0.1) is 17.0 Å². The second-order valence-corrected chi connectivity index (χ2v) is 6.85. The predicted octanol–water partition coefficient (Wildman–Crippen LogP) is 3.49. The van der Waals surface area contributed by atoms with Gasteiger partial charge in [-0.3, -0.25) is 4.55 Å². The lowest BCUT2D eigenvalue weighted by molar-refractivity contribution is 0.282. The standard InChI is InChI=1S/C15H24O2.CH4O3S.BrH/c1-12-10-14(8-6-4-5-7-9-16)11-13(2)15(12)17-3;1-5(2,3)4;/h10-11,16H,4-9H2,1-3H3;1H3,(H,2,3,4);1H. The third kappa shape index (κ3) is 13.5. The summed E-state index contributed by atoms with van der Waals surface area (Å²) >= 11 is 0. The van der Waals surface area contributed by atoms with E-state index in [0.717, 1.165) is 25.0 Å². The number of aryl methyl sites for hydroxylation is 3.